The maximum atomic E-state index is 13.2. The first-order valence-electron chi connectivity index (χ1n) is 5.88. The molecule has 0 saturated heterocycles. The summed E-state index contributed by atoms with van der Waals surface area (Å²) >= 11 is 5.75. The molecule has 0 fully saturated rings. The van der Waals surface area contributed by atoms with Gasteiger partial charge in [0.1, 0.15) is 11.3 Å². The summed E-state index contributed by atoms with van der Waals surface area (Å²) in [6.45, 7) is 0. The van der Waals surface area contributed by atoms with Gasteiger partial charge in [0.25, 0.3) is 6.01 Å². The Bertz CT molecular complexity index is 827. The summed E-state index contributed by atoms with van der Waals surface area (Å²) in [6.07, 6.45) is 0. The van der Waals surface area contributed by atoms with E-state index in [2.05, 4.69) is 10.3 Å². The van der Waals surface area contributed by atoms with E-state index in [0.717, 1.165) is 0 Å². The molecule has 1 heterocycles. The quantitative estimate of drug-likeness (QED) is 0.763. The fourth-order valence-corrected chi connectivity index (χ4v) is 2.08. The fourth-order valence-electron chi connectivity index (χ4n) is 1.86. The molecule has 0 unspecified atom stereocenters. The molecule has 0 radical (unpaired) electrons. The molecule has 106 valence electrons. The number of carboxylic acid groups (broad SMARTS) is 1. The van der Waals surface area contributed by atoms with E-state index in [4.69, 9.17) is 21.1 Å². The summed E-state index contributed by atoms with van der Waals surface area (Å²) < 4.78 is 18.6. The Balaban J connectivity index is 1.95. The summed E-state index contributed by atoms with van der Waals surface area (Å²) in [5.41, 5.74) is 1.29. The van der Waals surface area contributed by atoms with E-state index in [9.17, 15) is 9.18 Å². The minimum absolute atomic E-state index is 0.0963. The molecule has 2 N–H and O–H groups in total. The zero-order chi connectivity index (χ0) is 15.0. The number of aromatic nitrogens is 1. The Kier molecular flexibility index (Phi) is 3.23. The lowest BCUT2D eigenvalue weighted by Crippen LogP contribution is -1.94. The summed E-state index contributed by atoms with van der Waals surface area (Å²) in [7, 11) is 0. The smallest absolute Gasteiger partial charge is 0.335 e. The second kappa shape index (κ2) is 5.06. The third-order valence-electron chi connectivity index (χ3n) is 2.75. The standard InChI is InChI=1S/C14H8ClFN2O3/c15-8-4-9(16)6-10(5-8)17-14-18-11-2-1-7(13(19)20)3-12(11)21-14/h1-6H,(H,17,18)(H,19,20). The topological polar surface area (TPSA) is 75.4 Å². The van der Waals surface area contributed by atoms with Crippen molar-refractivity contribution in [3.8, 4) is 0 Å². The number of oxazole rings is 1. The average Bonchev–Trinajstić information content (AvgIpc) is 2.78. The summed E-state index contributed by atoms with van der Waals surface area (Å²) in [5, 5.41) is 11.9. The number of hydrogen-bond acceptors (Lipinski definition) is 4. The number of rotatable bonds is 3. The van der Waals surface area contributed by atoms with Crippen LogP contribution in [-0.4, -0.2) is 16.1 Å². The van der Waals surface area contributed by atoms with Crippen LogP contribution in [-0.2, 0) is 0 Å². The van der Waals surface area contributed by atoms with Crippen molar-refractivity contribution in [2.24, 2.45) is 0 Å². The Labute approximate surface area is 123 Å². The van der Waals surface area contributed by atoms with Crippen molar-refractivity contribution in [1.29, 1.82) is 0 Å². The van der Waals surface area contributed by atoms with E-state index in [0.29, 0.717) is 16.8 Å². The number of nitrogens with zero attached hydrogens (tertiary/aromatic N) is 1. The maximum Gasteiger partial charge on any atom is 0.335 e. The van der Waals surface area contributed by atoms with Crippen LogP contribution in [0, 0.1) is 5.82 Å². The molecule has 7 heteroatoms. The van der Waals surface area contributed by atoms with Gasteiger partial charge in [-0.15, -0.1) is 0 Å². The van der Waals surface area contributed by atoms with Crippen molar-refractivity contribution in [3.05, 3.63) is 52.8 Å². The van der Waals surface area contributed by atoms with Gasteiger partial charge in [0.15, 0.2) is 5.58 Å². The van der Waals surface area contributed by atoms with E-state index in [1.54, 1.807) is 0 Å². The van der Waals surface area contributed by atoms with Crippen molar-refractivity contribution in [1.82, 2.24) is 4.98 Å². The average molecular weight is 307 g/mol. The lowest BCUT2D eigenvalue weighted by molar-refractivity contribution is 0.0697. The number of nitrogens with one attached hydrogen (secondary N) is 1. The van der Waals surface area contributed by atoms with E-state index < -0.39 is 11.8 Å². The number of aromatic carboxylic acids is 1. The Morgan fingerprint density at radius 2 is 2.10 bits per heavy atom. The number of carbonyl (C=O) groups is 1. The molecule has 0 bridgehead atoms. The van der Waals surface area contributed by atoms with E-state index >= 15 is 0 Å². The van der Waals surface area contributed by atoms with Gasteiger partial charge in [0.2, 0.25) is 0 Å². The zero-order valence-electron chi connectivity index (χ0n) is 10.4. The largest absolute Gasteiger partial charge is 0.478 e. The van der Waals surface area contributed by atoms with Crippen molar-refractivity contribution >= 4 is 40.4 Å². The third kappa shape index (κ3) is 2.80. The number of benzene rings is 2. The van der Waals surface area contributed by atoms with Gasteiger partial charge in [-0.2, -0.15) is 4.98 Å². The highest BCUT2D eigenvalue weighted by Gasteiger charge is 2.10. The second-order valence-corrected chi connectivity index (χ2v) is 4.73. The van der Waals surface area contributed by atoms with Gasteiger partial charge in [-0.25, -0.2) is 9.18 Å². The molecule has 3 aromatic rings. The van der Waals surface area contributed by atoms with Crippen molar-refractivity contribution in [2.45, 2.75) is 0 Å². The van der Waals surface area contributed by atoms with Gasteiger partial charge >= 0.3 is 5.97 Å². The van der Waals surface area contributed by atoms with Crippen LogP contribution in [0.1, 0.15) is 10.4 Å². The van der Waals surface area contributed by atoms with Crippen LogP contribution in [0.4, 0.5) is 16.1 Å². The fraction of sp³-hybridized carbons (Fsp3) is 0. The molecule has 21 heavy (non-hydrogen) atoms. The monoisotopic (exact) mass is 306 g/mol. The molecule has 1 aromatic heterocycles. The van der Waals surface area contributed by atoms with Crippen LogP contribution >= 0.6 is 11.6 Å². The molecular formula is C14H8ClFN2O3. The van der Waals surface area contributed by atoms with Crippen LogP contribution < -0.4 is 5.32 Å². The Morgan fingerprint density at radius 1 is 1.29 bits per heavy atom. The number of halogens is 2. The predicted octanol–water partition coefficient (Wildman–Crippen LogP) is 4.06. The SMILES string of the molecule is O=C(O)c1ccc2nc(Nc3cc(F)cc(Cl)c3)oc2c1. The Hall–Kier alpha value is -2.60. The normalized spacial score (nSPS) is 10.8. The highest BCUT2D eigenvalue weighted by Crippen LogP contribution is 2.25. The highest BCUT2D eigenvalue weighted by atomic mass is 35.5. The van der Waals surface area contributed by atoms with Crippen LogP contribution in [0.25, 0.3) is 11.1 Å². The summed E-state index contributed by atoms with van der Waals surface area (Å²) in [6, 6.07) is 8.38. The first kappa shape index (κ1) is 13.4. The van der Waals surface area contributed by atoms with Crippen molar-refractivity contribution in [3.63, 3.8) is 0 Å². The third-order valence-corrected chi connectivity index (χ3v) is 2.97. The molecule has 0 aliphatic rings. The van der Waals surface area contributed by atoms with Crippen molar-refractivity contribution < 1.29 is 18.7 Å². The molecule has 0 amide bonds. The summed E-state index contributed by atoms with van der Waals surface area (Å²) in [4.78, 5) is 15.0. The first-order chi connectivity index (χ1) is 10.0. The van der Waals surface area contributed by atoms with Gasteiger partial charge in [-0.05, 0) is 36.4 Å². The summed E-state index contributed by atoms with van der Waals surface area (Å²) in [5.74, 6) is -1.55. The van der Waals surface area contributed by atoms with Gasteiger partial charge in [0, 0.05) is 10.7 Å². The first-order valence-corrected chi connectivity index (χ1v) is 6.26. The number of hydrogen-bond donors (Lipinski definition) is 2. The van der Waals surface area contributed by atoms with Gasteiger partial charge < -0.3 is 14.8 Å². The van der Waals surface area contributed by atoms with E-state index in [1.807, 2.05) is 0 Å². The van der Waals surface area contributed by atoms with Gasteiger partial charge in [-0.1, -0.05) is 11.6 Å². The van der Waals surface area contributed by atoms with Crippen molar-refractivity contribution in [2.75, 3.05) is 5.32 Å². The Morgan fingerprint density at radius 3 is 2.81 bits per heavy atom. The van der Waals surface area contributed by atoms with Crippen LogP contribution in [0.5, 0.6) is 0 Å². The lowest BCUT2D eigenvalue weighted by Gasteiger charge is -2.02. The minimum atomic E-state index is -1.06. The molecule has 0 saturated carbocycles. The molecule has 0 aliphatic carbocycles. The zero-order valence-corrected chi connectivity index (χ0v) is 11.2. The van der Waals surface area contributed by atoms with Crippen LogP contribution in [0.3, 0.4) is 0 Å². The van der Waals surface area contributed by atoms with Gasteiger partial charge in [-0.3, -0.25) is 0 Å². The predicted molar refractivity (Wildman–Crippen MR) is 75.7 cm³/mol. The lowest BCUT2D eigenvalue weighted by atomic mass is 10.2. The van der Waals surface area contributed by atoms with Gasteiger partial charge in [0.05, 0.1) is 5.56 Å². The molecule has 0 atom stereocenters. The molecule has 0 aliphatic heterocycles. The van der Waals surface area contributed by atoms with Crippen LogP contribution in [0.2, 0.25) is 5.02 Å². The minimum Gasteiger partial charge on any atom is -0.478 e. The van der Waals surface area contributed by atoms with E-state index in [-0.39, 0.29) is 16.6 Å². The number of anilines is 2. The maximum absolute atomic E-state index is 13.2. The number of carboxylic acids is 1. The number of fused-ring (bicyclic) bond motifs is 1. The van der Waals surface area contributed by atoms with Crippen LogP contribution in [0.15, 0.2) is 40.8 Å². The molecule has 3 rings (SSSR count). The molecular weight excluding hydrogens is 299 g/mol. The second-order valence-electron chi connectivity index (χ2n) is 4.29. The molecule has 0 spiro atoms. The molecule has 2 aromatic carbocycles. The highest BCUT2D eigenvalue weighted by molar-refractivity contribution is 6.30. The van der Waals surface area contributed by atoms with E-state index in [1.165, 1.54) is 36.4 Å². The molecule has 5 nitrogen and oxygen atoms in total.